The van der Waals surface area contributed by atoms with Gasteiger partial charge in [-0.05, 0) is 0 Å². The van der Waals surface area contributed by atoms with E-state index < -0.39 is 20.4 Å². The largest absolute Gasteiger partial charge is 1.00 e. The molecule has 0 aromatic heterocycles. The van der Waals surface area contributed by atoms with Gasteiger partial charge in [-0.3, -0.25) is 13.3 Å². The zero-order chi connectivity index (χ0) is 8.08. The molecule has 106 valence electrons. The van der Waals surface area contributed by atoms with Crippen molar-refractivity contribution in [1.29, 1.82) is 0 Å². The third-order valence-electron chi connectivity index (χ3n) is 0. The summed E-state index contributed by atoms with van der Waals surface area (Å²) in [6.45, 7) is 0. The average molecular weight is 348 g/mol. The Balaban J connectivity index is -0.00000000494. The topological polar surface area (TPSA) is 310 Å². The van der Waals surface area contributed by atoms with Gasteiger partial charge in [0.05, 0.1) is 0 Å². The number of rotatable bonds is 0. The van der Waals surface area contributed by atoms with Crippen molar-refractivity contribution in [2.24, 2.45) is 0 Å². The molecule has 0 bridgehead atoms. The molecular formula is H14Na2O12S3. The van der Waals surface area contributed by atoms with Crippen LogP contribution in [0.25, 0.3) is 0 Å². The van der Waals surface area contributed by atoms with Gasteiger partial charge >= 0.3 is 59.1 Å². The fraction of sp³-hybridized carbons (Fsp3) is 0. The molecule has 0 radical (unpaired) electrons. The molecule has 0 aliphatic carbocycles. The molecule has 0 aromatic carbocycles. The van der Waals surface area contributed by atoms with Crippen molar-refractivity contribution in [3.05, 3.63) is 0 Å². The zero-order valence-corrected chi connectivity index (χ0v) is 15.2. The Morgan fingerprint density at radius 1 is 0.882 bits per heavy atom. The molecule has 0 aliphatic rings. The first kappa shape index (κ1) is 75.5. The van der Waals surface area contributed by atoms with Crippen molar-refractivity contribution >= 4 is 31.6 Å². The molecule has 0 atom stereocenters. The number of hydrogen-bond donors (Lipinski definition) is 2. The van der Waals surface area contributed by atoms with Crippen molar-refractivity contribution in [2.45, 2.75) is 0 Å². The van der Waals surface area contributed by atoms with E-state index in [1.54, 1.807) is 0 Å². The van der Waals surface area contributed by atoms with Crippen LogP contribution < -0.4 is 59.1 Å². The Bertz CT molecular complexity index is 162. The van der Waals surface area contributed by atoms with Gasteiger partial charge in [0.1, 0.15) is 0 Å². The van der Waals surface area contributed by atoms with E-state index in [4.69, 9.17) is 26.6 Å². The van der Waals surface area contributed by atoms with Gasteiger partial charge < -0.3 is 42.0 Å². The van der Waals surface area contributed by atoms with Gasteiger partial charge in [-0.25, -0.2) is 0 Å². The van der Waals surface area contributed by atoms with Crippen molar-refractivity contribution in [2.75, 3.05) is 0 Å². The van der Waals surface area contributed by atoms with Crippen LogP contribution in [0.5, 0.6) is 0 Å². The van der Waals surface area contributed by atoms with Crippen LogP contribution in [-0.2, 0) is 31.6 Å². The Morgan fingerprint density at radius 3 is 0.882 bits per heavy atom. The molecule has 0 amide bonds. The Hall–Kier alpha value is 2.12. The Labute approximate surface area is 148 Å². The second kappa shape index (κ2) is 42.9. The standard InChI is InChI=1S/2Na.H2O3S2.H2O3S.6H2O/c;;1-5(2,3)4;1-4(2)3;;;;;;/h;;(H2,1,2,3,4);(H2,1,2,3);6*1H2/q2*+1;;;;;;;;/p-2. The molecule has 0 saturated heterocycles. The minimum Gasteiger partial charge on any atom is -0.784 e. The molecule has 0 aliphatic heterocycles. The first-order valence-electron chi connectivity index (χ1n) is 1.20. The van der Waals surface area contributed by atoms with Crippen molar-refractivity contribution in [3.63, 3.8) is 0 Å². The Morgan fingerprint density at radius 2 is 0.882 bits per heavy atom. The predicted octanol–water partition coefficient (Wildman–Crippen LogP) is -12.3. The summed E-state index contributed by atoms with van der Waals surface area (Å²) in [5.41, 5.74) is 0. The first-order chi connectivity index (χ1) is 3.73. The van der Waals surface area contributed by atoms with E-state index in [1.807, 2.05) is 0 Å². The normalized spacial score (nSPS) is 5.47. The van der Waals surface area contributed by atoms with E-state index in [2.05, 4.69) is 11.2 Å². The summed E-state index contributed by atoms with van der Waals surface area (Å²) in [6.07, 6.45) is 0. The van der Waals surface area contributed by atoms with Crippen molar-refractivity contribution in [1.82, 2.24) is 0 Å². The van der Waals surface area contributed by atoms with Crippen LogP contribution in [0.4, 0.5) is 0 Å². The third-order valence-corrected chi connectivity index (χ3v) is 0. The fourth-order valence-electron chi connectivity index (χ4n) is 0. The molecule has 12 nitrogen and oxygen atoms in total. The van der Waals surface area contributed by atoms with Crippen molar-refractivity contribution in [3.8, 4) is 0 Å². The maximum atomic E-state index is 9.11. The Kier molecular flexibility index (Phi) is 191. The molecular weight excluding hydrogens is 334 g/mol. The molecule has 14 N–H and O–H groups in total. The number of hydrogen-bond acceptors (Lipinski definition) is 5. The summed E-state index contributed by atoms with van der Waals surface area (Å²) in [6, 6.07) is 0. The molecule has 0 heterocycles. The SMILES string of the molecule is O.O.O.O.O.O.O=S(O)(O)=S.O=S([O-])[O-].[Na+].[Na+]. The van der Waals surface area contributed by atoms with E-state index >= 15 is 0 Å². The van der Waals surface area contributed by atoms with E-state index in [1.165, 1.54) is 0 Å². The van der Waals surface area contributed by atoms with Crippen LogP contribution in [0.15, 0.2) is 0 Å². The molecule has 0 fully saturated rings. The van der Waals surface area contributed by atoms with Crippen LogP contribution in [-0.4, -0.2) is 59.5 Å². The minimum absolute atomic E-state index is 0. The monoisotopic (exact) mass is 348 g/mol. The average Bonchev–Trinajstić information content (AvgIpc) is 1.19. The van der Waals surface area contributed by atoms with Gasteiger partial charge in [0, 0.05) is 11.2 Å². The molecule has 0 spiro atoms. The van der Waals surface area contributed by atoms with Gasteiger partial charge in [0.15, 0.2) is 0 Å². The van der Waals surface area contributed by atoms with Crippen LogP contribution >= 0.6 is 0 Å². The maximum absolute atomic E-state index is 9.11. The van der Waals surface area contributed by atoms with E-state index in [0.29, 0.717) is 0 Å². The summed E-state index contributed by atoms with van der Waals surface area (Å²) >= 11 is 0.354. The van der Waals surface area contributed by atoms with Gasteiger partial charge in [-0.15, -0.1) is 11.4 Å². The van der Waals surface area contributed by atoms with Gasteiger partial charge in [-0.2, -0.15) is 4.21 Å². The molecule has 0 unspecified atom stereocenters. The molecule has 17 heteroatoms. The van der Waals surface area contributed by atoms with E-state index in [0.717, 1.165) is 0 Å². The molecule has 17 heavy (non-hydrogen) atoms. The van der Waals surface area contributed by atoms with Crippen LogP contribution in [0, 0.1) is 0 Å². The zero-order valence-electron chi connectivity index (χ0n) is 8.75. The smallest absolute Gasteiger partial charge is 0.784 e. The first-order valence-corrected chi connectivity index (χ1v) is 4.60. The second-order valence-corrected chi connectivity index (χ2v) is 3.26. The van der Waals surface area contributed by atoms with E-state index in [9.17, 15) is 0 Å². The fourth-order valence-corrected chi connectivity index (χ4v) is 0. The maximum Gasteiger partial charge on any atom is 1.00 e. The van der Waals surface area contributed by atoms with E-state index in [-0.39, 0.29) is 92.0 Å². The van der Waals surface area contributed by atoms with Gasteiger partial charge in [0.25, 0.3) is 9.05 Å². The summed E-state index contributed by atoms with van der Waals surface area (Å²) in [7, 11) is -3.83. The predicted molar refractivity (Wildman–Crippen MR) is 52.1 cm³/mol. The van der Waals surface area contributed by atoms with Gasteiger partial charge in [-0.1, -0.05) is 0 Å². The quantitative estimate of drug-likeness (QED) is 0.314. The molecule has 0 rings (SSSR count). The van der Waals surface area contributed by atoms with Crippen LogP contribution in [0.1, 0.15) is 0 Å². The summed E-state index contributed by atoms with van der Waals surface area (Å²) in [5, 5.41) is 0. The second-order valence-electron chi connectivity index (χ2n) is 0.652. The summed E-state index contributed by atoms with van der Waals surface area (Å²) in [5.74, 6) is 0. The van der Waals surface area contributed by atoms with Crippen LogP contribution in [0.3, 0.4) is 0 Å². The summed E-state index contributed by atoms with van der Waals surface area (Å²) in [4.78, 5) is 0. The molecule has 0 saturated carbocycles. The van der Waals surface area contributed by atoms with Gasteiger partial charge in [0.2, 0.25) is 0 Å². The minimum atomic E-state index is -3.83. The van der Waals surface area contributed by atoms with Crippen molar-refractivity contribution < 1.29 is 119 Å². The summed E-state index contributed by atoms with van der Waals surface area (Å²) < 4.78 is 49.3. The third kappa shape index (κ3) is 1050. The molecule has 0 aromatic rings. The van der Waals surface area contributed by atoms with Crippen LogP contribution in [0.2, 0.25) is 0 Å².